The predicted octanol–water partition coefficient (Wildman–Crippen LogP) is 1.24. The van der Waals surface area contributed by atoms with Gasteiger partial charge in [0.15, 0.2) is 5.82 Å². The SMILES string of the molecule is O=[N+]([O-])c1ccc(-n2cc(CCCO)nn2)c(F)c1. The Kier molecular flexibility index (Phi) is 3.81. The van der Waals surface area contributed by atoms with Crippen LogP contribution >= 0.6 is 0 Å². The van der Waals surface area contributed by atoms with E-state index in [-0.39, 0.29) is 18.0 Å². The van der Waals surface area contributed by atoms with Crippen LogP contribution in [-0.4, -0.2) is 31.6 Å². The van der Waals surface area contributed by atoms with Crippen molar-refractivity contribution in [2.45, 2.75) is 12.8 Å². The molecule has 0 radical (unpaired) electrons. The molecule has 1 heterocycles. The summed E-state index contributed by atoms with van der Waals surface area (Å²) in [7, 11) is 0. The number of rotatable bonds is 5. The van der Waals surface area contributed by atoms with Crippen LogP contribution in [0.2, 0.25) is 0 Å². The van der Waals surface area contributed by atoms with E-state index in [0.29, 0.717) is 18.5 Å². The molecule has 0 saturated heterocycles. The first kappa shape index (κ1) is 13.1. The lowest BCUT2D eigenvalue weighted by Gasteiger charge is -2.01. The zero-order chi connectivity index (χ0) is 13.8. The van der Waals surface area contributed by atoms with Crippen LogP contribution in [-0.2, 0) is 6.42 Å². The minimum atomic E-state index is -0.743. The monoisotopic (exact) mass is 266 g/mol. The Balaban J connectivity index is 2.26. The van der Waals surface area contributed by atoms with Crippen LogP contribution in [0.5, 0.6) is 0 Å². The fraction of sp³-hybridized carbons (Fsp3) is 0.273. The van der Waals surface area contributed by atoms with Gasteiger partial charge in [-0.05, 0) is 18.9 Å². The second-order valence-electron chi connectivity index (χ2n) is 3.87. The van der Waals surface area contributed by atoms with Gasteiger partial charge in [-0.15, -0.1) is 5.10 Å². The molecule has 19 heavy (non-hydrogen) atoms. The number of hydrogen-bond acceptors (Lipinski definition) is 5. The molecular weight excluding hydrogens is 255 g/mol. The van der Waals surface area contributed by atoms with Crippen LogP contribution in [0.15, 0.2) is 24.4 Å². The molecule has 7 nitrogen and oxygen atoms in total. The molecule has 0 aliphatic heterocycles. The highest BCUT2D eigenvalue weighted by Crippen LogP contribution is 2.19. The molecule has 8 heteroatoms. The van der Waals surface area contributed by atoms with Crippen molar-refractivity contribution in [3.05, 3.63) is 46.0 Å². The Labute approximate surface area is 107 Å². The lowest BCUT2D eigenvalue weighted by atomic mass is 10.2. The molecular formula is C11H11FN4O3. The number of nitro groups is 1. The van der Waals surface area contributed by atoms with E-state index in [1.807, 2.05) is 0 Å². The van der Waals surface area contributed by atoms with E-state index < -0.39 is 10.7 Å². The van der Waals surface area contributed by atoms with E-state index in [1.54, 1.807) is 0 Å². The Morgan fingerprint density at radius 3 is 2.89 bits per heavy atom. The minimum absolute atomic E-state index is 0.0404. The van der Waals surface area contributed by atoms with Gasteiger partial charge in [-0.2, -0.15) is 0 Å². The molecule has 0 bridgehead atoms. The van der Waals surface area contributed by atoms with Crippen LogP contribution in [0.4, 0.5) is 10.1 Å². The fourth-order valence-corrected chi connectivity index (χ4v) is 1.59. The zero-order valence-corrected chi connectivity index (χ0v) is 9.86. The Morgan fingerprint density at radius 1 is 1.47 bits per heavy atom. The summed E-state index contributed by atoms with van der Waals surface area (Å²) in [5.74, 6) is -0.743. The van der Waals surface area contributed by atoms with Gasteiger partial charge in [0, 0.05) is 12.7 Å². The molecule has 0 amide bonds. The topological polar surface area (TPSA) is 94.1 Å². The van der Waals surface area contributed by atoms with Crippen molar-refractivity contribution in [3.8, 4) is 5.69 Å². The van der Waals surface area contributed by atoms with Crippen molar-refractivity contribution in [2.24, 2.45) is 0 Å². The van der Waals surface area contributed by atoms with Crippen molar-refractivity contribution in [2.75, 3.05) is 6.61 Å². The number of non-ortho nitro benzene ring substituents is 1. The molecule has 0 unspecified atom stereocenters. The lowest BCUT2D eigenvalue weighted by molar-refractivity contribution is -0.385. The van der Waals surface area contributed by atoms with Crippen LogP contribution < -0.4 is 0 Å². The van der Waals surface area contributed by atoms with Crippen molar-refractivity contribution >= 4 is 5.69 Å². The van der Waals surface area contributed by atoms with Gasteiger partial charge in [0.05, 0.1) is 22.9 Å². The molecule has 0 aliphatic rings. The summed E-state index contributed by atoms with van der Waals surface area (Å²) in [5.41, 5.74) is 0.391. The molecule has 100 valence electrons. The van der Waals surface area contributed by atoms with Crippen LogP contribution in [0.1, 0.15) is 12.1 Å². The van der Waals surface area contributed by atoms with E-state index in [4.69, 9.17) is 5.11 Å². The van der Waals surface area contributed by atoms with Gasteiger partial charge in [0.25, 0.3) is 5.69 Å². The van der Waals surface area contributed by atoms with Crippen LogP contribution in [0.3, 0.4) is 0 Å². The predicted molar refractivity (Wildman–Crippen MR) is 63.4 cm³/mol. The third-order valence-electron chi connectivity index (χ3n) is 2.52. The average Bonchev–Trinajstić information content (AvgIpc) is 2.84. The van der Waals surface area contributed by atoms with Gasteiger partial charge in [-0.25, -0.2) is 9.07 Å². The molecule has 0 fully saturated rings. The first-order valence-corrected chi connectivity index (χ1v) is 5.58. The van der Waals surface area contributed by atoms with Crippen molar-refractivity contribution in [1.82, 2.24) is 15.0 Å². The van der Waals surface area contributed by atoms with Gasteiger partial charge in [-0.1, -0.05) is 5.21 Å². The number of nitro benzene ring substituents is 1. The highest BCUT2D eigenvalue weighted by molar-refractivity contribution is 5.41. The first-order chi connectivity index (χ1) is 9.11. The molecule has 0 aliphatic carbocycles. The van der Waals surface area contributed by atoms with E-state index in [9.17, 15) is 14.5 Å². The average molecular weight is 266 g/mol. The lowest BCUT2D eigenvalue weighted by Crippen LogP contribution is -1.99. The Morgan fingerprint density at radius 2 is 2.26 bits per heavy atom. The number of aromatic nitrogens is 3. The molecule has 1 N–H and O–H groups in total. The Bertz CT molecular complexity index is 599. The normalized spacial score (nSPS) is 10.6. The van der Waals surface area contributed by atoms with Crippen molar-refractivity contribution < 1.29 is 14.4 Å². The summed E-state index contributed by atoms with van der Waals surface area (Å²) in [6, 6.07) is 3.32. The summed E-state index contributed by atoms with van der Waals surface area (Å²) >= 11 is 0. The van der Waals surface area contributed by atoms with E-state index in [0.717, 1.165) is 6.07 Å². The van der Waals surface area contributed by atoms with E-state index in [1.165, 1.54) is 23.0 Å². The summed E-state index contributed by atoms with van der Waals surface area (Å²) in [6.07, 6.45) is 2.60. The summed E-state index contributed by atoms with van der Waals surface area (Å²) in [5, 5.41) is 26.8. The highest BCUT2D eigenvalue weighted by atomic mass is 19.1. The number of aliphatic hydroxyl groups excluding tert-OH is 1. The Hall–Kier alpha value is -2.35. The summed E-state index contributed by atoms with van der Waals surface area (Å²) < 4.78 is 14.9. The number of nitrogens with zero attached hydrogens (tertiary/aromatic N) is 4. The van der Waals surface area contributed by atoms with Gasteiger partial charge in [0.2, 0.25) is 0 Å². The minimum Gasteiger partial charge on any atom is -0.396 e. The fourth-order valence-electron chi connectivity index (χ4n) is 1.59. The second-order valence-corrected chi connectivity index (χ2v) is 3.87. The van der Waals surface area contributed by atoms with E-state index in [2.05, 4.69) is 10.3 Å². The smallest absolute Gasteiger partial charge is 0.272 e. The molecule has 2 rings (SSSR count). The maximum absolute atomic E-state index is 13.7. The molecule has 1 aromatic carbocycles. The maximum Gasteiger partial charge on any atom is 0.272 e. The third kappa shape index (κ3) is 2.91. The van der Waals surface area contributed by atoms with E-state index >= 15 is 0 Å². The largest absolute Gasteiger partial charge is 0.396 e. The molecule has 1 aromatic heterocycles. The molecule has 0 spiro atoms. The van der Waals surface area contributed by atoms with Gasteiger partial charge in [-0.3, -0.25) is 10.1 Å². The standard InChI is InChI=1S/C11H11FN4O3/c12-10-6-9(16(18)19)3-4-11(10)15-7-8(13-14-15)2-1-5-17/h3-4,6-7,17H,1-2,5H2. The zero-order valence-electron chi connectivity index (χ0n) is 9.86. The number of halogens is 1. The van der Waals surface area contributed by atoms with Crippen LogP contribution in [0.25, 0.3) is 5.69 Å². The molecule has 2 aromatic rings. The van der Waals surface area contributed by atoms with Gasteiger partial charge >= 0.3 is 0 Å². The van der Waals surface area contributed by atoms with Crippen LogP contribution in [0, 0.1) is 15.9 Å². The first-order valence-electron chi connectivity index (χ1n) is 5.58. The summed E-state index contributed by atoms with van der Waals surface area (Å²) in [6.45, 7) is 0.0404. The van der Waals surface area contributed by atoms with Crippen molar-refractivity contribution in [1.29, 1.82) is 0 Å². The molecule has 0 atom stereocenters. The quantitative estimate of drug-likeness (QED) is 0.649. The number of benzene rings is 1. The summed E-state index contributed by atoms with van der Waals surface area (Å²) in [4.78, 5) is 9.84. The second kappa shape index (κ2) is 5.53. The number of aliphatic hydroxyl groups is 1. The number of hydrogen-bond donors (Lipinski definition) is 1. The molecule has 0 saturated carbocycles. The third-order valence-corrected chi connectivity index (χ3v) is 2.52. The maximum atomic E-state index is 13.7. The van der Waals surface area contributed by atoms with Crippen molar-refractivity contribution in [3.63, 3.8) is 0 Å². The van der Waals surface area contributed by atoms with Gasteiger partial charge in [0.1, 0.15) is 5.69 Å². The highest BCUT2D eigenvalue weighted by Gasteiger charge is 2.13. The number of aryl methyl sites for hydroxylation is 1. The van der Waals surface area contributed by atoms with Gasteiger partial charge < -0.3 is 5.11 Å².